The number of phenols is 1. The number of furan rings is 2. The standard InChI is InChI=1S/C25H17N3O5/c1-12(29)13-3-5-14(6-4-13)18-7-8-19(32-18)21-16-11-26-28(2)25(16)27-23-22-17(31)9-15(30)10-20(22)33-24(21)23/h3-11,26,31H,1-2H3. The molecule has 4 aromatic heterocycles. The zero-order valence-electron chi connectivity index (χ0n) is 17.7. The van der Waals surface area contributed by atoms with Crippen LogP contribution in [0.1, 0.15) is 17.3 Å². The minimum absolute atomic E-state index is 0.00189. The number of nitrogens with zero attached hydrogens (tertiary/aromatic N) is 2. The van der Waals surface area contributed by atoms with Crippen molar-refractivity contribution in [3.05, 3.63) is 70.5 Å². The Kier molecular flexibility index (Phi) is 3.88. The summed E-state index contributed by atoms with van der Waals surface area (Å²) in [5.74, 6) is 0.980. The number of Topliss-reactive ketones (excluding diaryl/α,β-unsaturated/α-hetero) is 1. The predicted octanol–water partition coefficient (Wildman–Crippen LogP) is 5.00. The fourth-order valence-electron chi connectivity index (χ4n) is 4.20. The molecule has 0 unspecified atom stereocenters. The van der Waals surface area contributed by atoms with E-state index in [0.717, 1.165) is 17.0 Å². The van der Waals surface area contributed by atoms with Crippen LogP contribution in [0.5, 0.6) is 5.75 Å². The summed E-state index contributed by atoms with van der Waals surface area (Å²) in [6, 6.07) is 13.4. The van der Waals surface area contributed by atoms with Gasteiger partial charge in [0.15, 0.2) is 22.4 Å². The van der Waals surface area contributed by atoms with E-state index in [2.05, 4.69) is 5.10 Å². The SMILES string of the molecule is CC(=O)c1ccc(-c2ccc(-c3c4c[nH]n(C)c4nc4c3oc3cc(=O)cc(O)c34)o2)cc1. The molecule has 0 saturated heterocycles. The van der Waals surface area contributed by atoms with Crippen LogP contribution in [0.3, 0.4) is 0 Å². The number of pyridine rings is 1. The molecule has 0 atom stereocenters. The average Bonchev–Trinajstić information content (AvgIpc) is 3.50. The maximum Gasteiger partial charge on any atom is 0.186 e. The predicted molar refractivity (Wildman–Crippen MR) is 123 cm³/mol. The van der Waals surface area contributed by atoms with Gasteiger partial charge in [-0.2, -0.15) is 0 Å². The van der Waals surface area contributed by atoms with Crippen LogP contribution in [0.4, 0.5) is 0 Å². The molecule has 0 aliphatic carbocycles. The van der Waals surface area contributed by atoms with Crippen LogP contribution in [0.2, 0.25) is 0 Å². The normalized spacial score (nSPS) is 11.7. The molecule has 2 N–H and O–H groups in total. The Labute approximate surface area is 185 Å². The molecule has 6 rings (SSSR count). The Hall–Kier alpha value is -4.59. The van der Waals surface area contributed by atoms with Crippen LogP contribution in [0.25, 0.3) is 55.7 Å². The molecule has 0 radical (unpaired) electrons. The number of aryl methyl sites for hydroxylation is 1. The number of H-pyrrole nitrogens is 1. The van der Waals surface area contributed by atoms with Gasteiger partial charge in [-0.05, 0) is 19.1 Å². The van der Waals surface area contributed by atoms with E-state index < -0.39 is 0 Å². The topological polar surface area (TPSA) is 114 Å². The monoisotopic (exact) mass is 439 g/mol. The lowest BCUT2D eigenvalue weighted by Gasteiger charge is -2.03. The van der Waals surface area contributed by atoms with Crippen LogP contribution in [0, 0.1) is 0 Å². The van der Waals surface area contributed by atoms with Gasteiger partial charge in [0.2, 0.25) is 0 Å². The Balaban J connectivity index is 1.62. The third-order valence-corrected chi connectivity index (χ3v) is 5.82. The van der Waals surface area contributed by atoms with E-state index in [-0.39, 0.29) is 22.5 Å². The number of hydrogen-bond donors (Lipinski definition) is 2. The summed E-state index contributed by atoms with van der Waals surface area (Å²) in [5.41, 5.74) is 3.49. The van der Waals surface area contributed by atoms with Crippen molar-refractivity contribution in [3.8, 4) is 28.4 Å². The van der Waals surface area contributed by atoms with Crippen molar-refractivity contribution >= 4 is 38.9 Å². The number of rotatable bonds is 3. The molecule has 162 valence electrons. The van der Waals surface area contributed by atoms with E-state index in [1.54, 1.807) is 23.0 Å². The smallest absolute Gasteiger partial charge is 0.186 e. The first-order chi connectivity index (χ1) is 15.9. The van der Waals surface area contributed by atoms with Crippen molar-refractivity contribution in [1.82, 2.24) is 14.8 Å². The number of fused-ring (bicyclic) bond motifs is 4. The fourth-order valence-corrected chi connectivity index (χ4v) is 4.20. The van der Waals surface area contributed by atoms with Crippen LogP contribution < -0.4 is 5.43 Å². The van der Waals surface area contributed by atoms with Crippen molar-refractivity contribution in [2.45, 2.75) is 6.92 Å². The molecular weight excluding hydrogens is 422 g/mol. The highest BCUT2D eigenvalue weighted by atomic mass is 16.4. The van der Waals surface area contributed by atoms with E-state index in [9.17, 15) is 14.7 Å². The van der Waals surface area contributed by atoms with Gasteiger partial charge in [-0.1, -0.05) is 24.3 Å². The van der Waals surface area contributed by atoms with Crippen molar-refractivity contribution in [3.63, 3.8) is 0 Å². The number of ketones is 1. The highest BCUT2D eigenvalue weighted by molar-refractivity contribution is 6.15. The first-order valence-electron chi connectivity index (χ1n) is 10.3. The lowest BCUT2D eigenvalue weighted by Crippen LogP contribution is -1.94. The second-order valence-corrected chi connectivity index (χ2v) is 7.95. The number of carbonyl (C=O) groups is 1. The summed E-state index contributed by atoms with van der Waals surface area (Å²) in [7, 11) is 1.83. The lowest BCUT2D eigenvalue weighted by molar-refractivity contribution is 0.101. The number of nitrogens with one attached hydrogen (secondary N) is 1. The first kappa shape index (κ1) is 19.1. The summed E-state index contributed by atoms with van der Waals surface area (Å²) in [5, 5.41) is 14.7. The third-order valence-electron chi connectivity index (χ3n) is 5.82. The molecule has 0 spiro atoms. The Morgan fingerprint density at radius 2 is 1.82 bits per heavy atom. The molecule has 4 heterocycles. The number of aromatic nitrogens is 3. The summed E-state index contributed by atoms with van der Waals surface area (Å²) >= 11 is 0. The summed E-state index contributed by atoms with van der Waals surface area (Å²) in [4.78, 5) is 28.2. The van der Waals surface area contributed by atoms with Gasteiger partial charge in [0.05, 0.1) is 16.3 Å². The Morgan fingerprint density at radius 3 is 2.58 bits per heavy atom. The fraction of sp³-hybridized carbons (Fsp3) is 0.0800. The first-order valence-corrected chi connectivity index (χ1v) is 10.3. The number of aromatic amines is 1. The van der Waals surface area contributed by atoms with Crippen LogP contribution in [-0.2, 0) is 7.05 Å². The van der Waals surface area contributed by atoms with Crippen LogP contribution in [-0.4, -0.2) is 25.7 Å². The van der Waals surface area contributed by atoms with E-state index in [1.165, 1.54) is 13.0 Å². The highest BCUT2D eigenvalue weighted by Gasteiger charge is 2.23. The maximum absolute atomic E-state index is 11.9. The molecule has 8 heteroatoms. The number of phenolic OH excluding ortho intramolecular Hbond substituents is 1. The van der Waals surface area contributed by atoms with Gasteiger partial charge in [0.25, 0.3) is 0 Å². The maximum atomic E-state index is 11.9. The second kappa shape index (κ2) is 6.70. The molecule has 33 heavy (non-hydrogen) atoms. The summed E-state index contributed by atoms with van der Waals surface area (Å²) in [6.07, 6.45) is 1.80. The minimum atomic E-state index is -0.354. The quantitative estimate of drug-likeness (QED) is 0.375. The highest BCUT2D eigenvalue weighted by Crippen LogP contribution is 2.42. The average molecular weight is 439 g/mol. The number of benzene rings is 2. The molecule has 2 aromatic carbocycles. The molecule has 0 fully saturated rings. The Bertz CT molecular complexity index is 1780. The van der Waals surface area contributed by atoms with Crippen molar-refractivity contribution in [2.24, 2.45) is 7.05 Å². The molecule has 0 aliphatic heterocycles. The van der Waals surface area contributed by atoms with Crippen molar-refractivity contribution in [2.75, 3.05) is 0 Å². The van der Waals surface area contributed by atoms with Gasteiger partial charge in [-0.15, -0.1) is 0 Å². The lowest BCUT2D eigenvalue weighted by atomic mass is 10.1. The zero-order valence-corrected chi connectivity index (χ0v) is 17.7. The van der Waals surface area contributed by atoms with Crippen LogP contribution in [0.15, 0.2) is 68.4 Å². The molecule has 0 bridgehead atoms. The van der Waals surface area contributed by atoms with Gasteiger partial charge >= 0.3 is 0 Å². The third kappa shape index (κ3) is 2.81. The zero-order chi connectivity index (χ0) is 22.9. The van der Waals surface area contributed by atoms with E-state index >= 15 is 0 Å². The molecule has 0 aliphatic rings. The van der Waals surface area contributed by atoms with Crippen LogP contribution >= 0.6 is 0 Å². The molecule has 8 nitrogen and oxygen atoms in total. The minimum Gasteiger partial charge on any atom is -0.507 e. The van der Waals surface area contributed by atoms with E-state index in [0.29, 0.717) is 44.8 Å². The van der Waals surface area contributed by atoms with E-state index in [1.807, 2.05) is 31.3 Å². The van der Waals surface area contributed by atoms with Gasteiger partial charge in [0, 0.05) is 36.5 Å². The second-order valence-electron chi connectivity index (χ2n) is 7.95. The number of hydrogen-bond acceptors (Lipinski definition) is 6. The molecule has 0 amide bonds. The van der Waals surface area contributed by atoms with Gasteiger partial charge in [-0.3, -0.25) is 14.3 Å². The number of aromatic hydroxyl groups is 1. The largest absolute Gasteiger partial charge is 0.507 e. The summed E-state index contributed by atoms with van der Waals surface area (Å²) < 4.78 is 14.0. The number of carbonyl (C=O) groups excluding carboxylic acids is 1. The molecule has 0 saturated carbocycles. The Morgan fingerprint density at radius 1 is 1.06 bits per heavy atom. The van der Waals surface area contributed by atoms with Crippen molar-refractivity contribution < 1.29 is 18.7 Å². The van der Waals surface area contributed by atoms with Crippen molar-refractivity contribution in [1.29, 1.82) is 0 Å². The van der Waals surface area contributed by atoms with E-state index in [4.69, 9.17) is 13.8 Å². The van der Waals surface area contributed by atoms with Gasteiger partial charge in [0.1, 0.15) is 28.4 Å². The summed E-state index contributed by atoms with van der Waals surface area (Å²) in [6.45, 7) is 1.53. The molecule has 6 aromatic rings. The van der Waals surface area contributed by atoms with Gasteiger partial charge < -0.3 is 19.0 Å². The van der Waals surface area contributed by atoms with Gasteiger partial charge in [-0.25, -0.2) is 4.98 Å². The molecular formula is C25H17N3O5.